The van der Waals surface area contributed by atoms with Crippen LogP contribution >= 0.6 is 0 Å². The molecule has 2 unspecified atom stereocenters. The topological polar surface area (TPSA) is 60.2 Å². The molecule has 0 heterocycles. The van der Waals surface area contributed by atoms with E-state index in [9.17, 15) is 8.42 Å². The fourth-order valence-corrected chi connectivity index (χ4v) is 2.68. The molecule has 1 aromatic rings. The molecule has 70 valence electrons. The number of benzene rings is 1. The molecule has 0 radical (unpaired) electrons. The van der Waals surface area contributed by atoms with Crippen molar-refractivity contribution in [1.29, 1.82) is 0 Å². The van der Waals surface area contributed by atoms with Crippen molar-refractivity contribution in [2.24, 2.45) is 5.14 Å². The highest BCUT2D eigenvalue weighted by molar-refractivity contribution is 7.90. The van der Waals surface area contributed by atoms with Gasteiger partial charge >= 0.3 is 0 Å². The Morgan fingerprint density at radius 2 is 1.85 bits per heavy atom. The van der Waals surface area contributed by atoms with E-state index in [0.717, 1.165) is 5.56 Å². The molecule has 1 fully saturated rings. The minimum atomic E-state index is -3.33. The first-order chi connectivity index (χ1) is 6.09. The second kappa shape index (κ2) is 2.82. The van der Waals surface area contributed by atoms with E-state index >= 15 is 0 Å². The highest BCUT2D eigenvalue weighted by Gasteiger charge is 2.46. The minimum absolute atomic E-state index is 0.121. The summed E-state index contributed by atoms with van der Waals surface area (Å²) in [4.78, 5) is 0. The maximum atomic E-state index is 11.0. The third-order valence-corrected chi connectivity index (χ3v) is 3.75. The zero-order valence-electron chi connectivity index (χ0n) is 7.05. The largest absolute Gasteiger partial charge is 0.228 e. The van der Waals surface area contributed by atoms with Crippen LogP contribution in [0.4, 0.5) is 0 Å². The quantitative estimate of drug-likeness (QED) is 0.763. The molecule has 1 saturated carbocycles. The lowest BCUT2D eigenvalue weighted by Gasteiger charge is -1.97. The van der Waals surface area contributed by atoms with Gasteiger partial charge in [-0.25, -0.2) is 13.6 Å². The lowest BCUT2D eigenvalue weighted by atomic mass is 10.1. The van der Waals surface area contributed by atoms with Crippen molar-refractivity contribution < 1.29 is 8.42 Å². The second-order valence-corrected chi connectivity index (χ2v) is 5.16. The van der Waals surface area contributed by atoms with Gasteiger partial charge in [-0.3, -0.25) is 0 Å². The Kier molecular flexibility index (Phi) is 1.89. The second-order valence-electron chi connectivity index (χ2n) is 3.38. The van der Waals surface area contributed by atoms with Crippen molar-refractivity contribution in [1.82, 2.24) is 0 Å². The summed E-state index contributed by atoms with van der Waals surface area (Å²) in [5.41, 5.74) is 1.07. The van der Waals surface area contributed by atoms with Crippen LogP contribution in [0.5, 0.6) is 0 Å². The molecule has 1 aliphatic carbocycles. The van der Waals surface area contributed by atoms with Gasteiger partial charge in [0.1, 0.15) is 0 Å². The van der Waals surface area contributed by atoms with Gasteiger partial charge in [0.25, 0.3) is 0 Å². The van der Waals surface area contributed by atoms with Gasteiger partial charge in [-0.1, -0.05) is 30.3 Å². The van der Waals surface area contributed by atoms with Crippen LogP contribution in [0.3, 0.4) is 0 Å². The minimum Gasteiger partial charge on any atom is -0.228 e. The average molecular weight is 197 g/mol. The Balaban J connectivity index is 2.18. The summed E-state index contributed by atoms with van der Waals surface area (Å²) in [6.07, 6.45) is 0.669. The van der Waals surface area contributed by atoms with Crippen LogP contribution in [-0.2, 0) is 10.0 Å². The number of rotatable bonds is 2. The molecule has 0 aromatic heterocycles. The monoisotopic (exact) mass is 197 g/mol. The summed E-state index contributed by atoms with van der Waals surface area (Å²) < 4.78 is 21.9. The first-order valence-electron chi connectivity index (χ1n) is 4.15. The van der Waals surface area contributed by atoms with E-state index in [2.05, 4.69) is 0 Å². The van der Waals surface area contributed by atoms with Crippen LogP contribution < -0.4 is 5.14 Å². The van der Waals surface area contributed by atoms with Gasteiger partial charge in [-0.15, -0.1) is 0 Å². The molecule has 0 bridgehead atoms. The Labute approximate surface area is 77.6 Å². The van der Waals surface area contributed by atoms with Crippen LogP contribution in [0.1, 0.15) is 17.9 Å². The zero-order valence-corrected chi connectivity index (χ0v) is 7.87. The molecule has 2 N–H and O–H groups in total. The fourth-order valence-electron chi connectivity index (χ4n) is 1.59. The summed E-state index contributed by atoms with van der Waals surface area (Å²) in [5, 5.41) is 4.69. The predicted molar refractivity (Wildman–Crippen MR) is 50.7 cm³/mol. The number of hydrogen-bond acceptors (Lipinski definition) is 2. The first kappa shape index (κ1) is 8.72. The van der Waals surface area contributed by atoms with E-state index in [1.807, 2.05) is 30.3 Å². The van der Waals surface area contributed by atoms with Gasteiger partial charge in [0, 0.05) is 5.92 Å². The lowest BCUT2D eigenvalue weighted by Crippen LogP contribution is -2.18. The Morgan fingerprint density at radius 3 is 2.31 bits per heavy atom. The van der Waals surface area contributed by atoms with E-state index < -0.39 is 10.0 Å². The molecular weight excluding hydrogens is 186 g/mol. The number of nitrogens with two attached hydrogens (primary N) is 1. The number of hydrogen-bond donors (Lipinski definition) is 1. The maximum Gasteiger partial charge on any atom is 0.212 e. The van der Waals surface area contributed by atoms with Gasteiger partial charge in [0.15, 0.2) is 0 Å². The van der Waals surface area contributed by atoms with Gasteiger partial charge in [-0.05, 0) is 12.0 Å². The molecule has 0 aliphatic heterocycles. The van der Waals surface area contributed by atoms with Crippen LogP contribution in [0.15, 0.2) is 30.3 Å². The number of primary sulfonamides is 1. The fraction of sp³-hybridized carbons (Fsp3) is 0.333. The van der Waals surface area contributed by atoms with Crippen molar-refractivity contribution in [3.8, 4) is 0 Å². The molecule has 13 heavy (non-hydrogen) atoms. The maximum absolute atomic E-state index is 11.0. The van der Waals surface area contributed by atoms with Gasteiger partial charge < -0.3 is 0 Å². The Morgan fingerprint density at radius 1 is 1.23 bits per heavy atom. The summed E-state index contributed by atoms with van der Waals surface area (Å²) >= 11 is 0. The zero-order chi connectivity index (χ0) is 9.47. The van der Waals surface area contributed by atoms with Crippen LogP contribution in [0.25, 0.3) is 0 Å². The van der Waals surface area contributed by atoms with Crippen molar-refractivity contribution in [2.75, 3.05) is 0 Å². The summed E-state index contributed by atoms with van der Waals surface area (Å²) in [6.45, 7) is 0. The molecule has 1 aliphatic rings. The number of sulfonamides is 1. The highest BCUT2D eigenvalue weighted by Crippen LogP contribution is 2.44. The Hall–Kier alpha value is -0.870. The van der Waals surface area contributed by atoms with Gasteiger partial charge in [0.05, 0.1) is 5.25 Å². The van der Waals surface area contributed by atoms with Gasteiger partial charge in [0.2, 0.25) is 10.0 Å². The Bertz CT molecular complexity index is 399. The molecule has 2 rings (SSSR count). The molecule has 3 nitrogen and oxygen atoms in total. The third kappa shape index (κ3) is 1.73. The molecule has 4 heteroatoms. The molecule has 0 amide bonds. The van der Waals surface area contributed by atoms with Crippen molar-refractivity contribution in [3.63, 3.8) is 0 Å². The molecule has 0 saturated heterocycles. The summed E-state index contributed by atoms with van der Waals surface area (Å²) in [7, 11) is -3.33. The van der Waals surface area contributed by atoms with E-state index in [1.165, 1.54) is 0 Å². The van der Waals surface area contributed by atoms with Crippen LogP contribution in [0.2, 0.25) is 0 Å². The molecular formula is C9H11NO2S. The summed E-state index contributed by atoms with van der Waals surface area (Å²) in [6, 6.07) is 9.62. The molecule has 2 atom stereocenters. The standard InChI is InChI=1S/C9H11NO2S/c10-13(11,12)9-6-8(9)7-4-2-1-3-5-7/h1-5,8-9H,6H2,(H2,10,11,12). The van der Waals surface area contributed by atoms with Crippen molar-refractivity contribution >= 4 is 10.0 Å². The van der Waals surface area contributed by atoms with E-state index in [0.29, 0.717) is 6.42 Å². The predicted octanol–water partition coefficient (Wildman–Crippen LogP) is 0.831. The van der Waals surface area contributed by atoms with Crippen molar-refractivity contribution in [3.05, 3.63) is 35.9 Å². The van der Waals surface area contributed by atoms with E-state index in [4.69, 9.17) is 5.14 Å². The van der Waals surface area contributed by atoms with E-state index in [1.54, 1.807) is 0 Å². The SMILES string of the molecule is NS(=O)(=O)C1CC1c1ccccc1. The van der Waals surface area contributed by atoms with Crippen molar-refractivity contribution in [2.45, 2.75) is 17.6 Å². The first-order valence-corrected chi connectivity index (χ1v) is 5.76. The molecule has 0 spiro atoms. The molecule has 1 aromatic carbocycles. The van der Waals surface area contributed by atoms with Gasteiger partial charge in [-0.2, -0.15) is 0 Å². The average Bonchev–Trinajstić information content (AvgIpc) is 2.83. The highest BCUT2D eigenvalue weighted by atomic mass is 32.2. The third-order valence-electron chi connectivity index (χ3n) is 2.38. The lowest BCUT2D eigenvalue weighted by molar-refractivity contribution is 0.595. The smallest absolute Gasteiger partial charge is 0.212 e. The van der Waals surface area contributed by atoms with Crippen LogP contribution in [-0.4, -0.2) is 13.7 Å². The van der Waals surface area contributed by atoms with E-state index in [-0.39, 0.29) is 11.2 Å². The van der Waals surface area contributed by atoms with Crippen LogP contribution in [0, 0.1) is 0 Å². The normalized spacial score (nSPS) is 27.2. The summed E-state index contributed by atoms with van der Waals surface area (Å²) in [5.74, 6) is 0.121.